The molecule has 4 nitrogen and oxygen atoms in total. The van der Waals surface area contributed by atoms with Crippen molar-refractivity contribution in [1.82, 2.24) is 4.72 Å². The summed E-state index contributed by atoms with van der Waals surface area (Å²) in [5.74, 6) is 0.0619. The second kappa shape index (κ2) is 6.61. The molecule has 0 heterocycles. The van der Waals surface area contributed by atoms with Gasteiger partial charge in [0.15, 0.2) is 0 Å². The van der Waals surface area contributed by atoms with E-state index in [4.69, 9.17) is 5.11 Å². The zero-order valence-corrected chi connectivity index (χ0v) is 10.8. The maximum Gasteiger partial charge on any atom is 0.240 e. The minimum absolute atomic E-state index is 0.0619. The Morgan fingerprint density at radius 2 is 1.76 bits per heavy atom. The van der Waals surface area contributed by atoms with Crippen LogP contribution in [0.5, 0.6) is 5.75 Å². The molecule has 0 spiro atoms. The van der Waals surface area contributed by atoms with E-state index >= 15 is 0 Å². The highest BCUT2D eigenvalue weighted by molar-refractivity contribution is 7.89. The molecule has 1 aromatic rings. The van der Waals surface area contributed by atoms with E-state index in [0.717, 1.165) is 25.7 Å². The highest BCUT2D eigenvalue weighted by atomic mass is 32.2. The van der Waals surface area contributed by atoms with Gasteiger partial charge in [-0.25, -0.2) is 13.1 Å². The molecule has 0 saturated heterocycles. The number of phenols is 1. The second-order valence-corrected chi connectivity index (χ2v) is 5.72. The summed E-state index contributed by atoms with van der Waals surface area (Å²) < 4.78 is 26.1. The molecule has 0 bridgehead atoms. The molecule has 2 N–H and O–H groups in total. The van der Waals surface area contributed by atoms with Crippen LogP contribution in [0.25, 0.3) is 0 Å². The van der Waals surface area contributed by atoms with Crippen LogP contribution in [0.15, 0.2) is 29.2 Å². The Morgan fingerprint density at radius 3 is 2.35 bits per heavy atom. The van der Waals surface area contributed by atoms with Gasteiger partial charge in [0, 0.05) is 6.54 Å². The van der Waals surface area contributed by atoms with E-state index in [1.807, 2.05) is 0 Å². The van der Waals surface area contributed by atoms with Gasteiger partial charge in [0.1, 0.15) is 5.75 Å². The van der Waals surface area contributed by atoms with Crippen molar-refractivity contribution in [2.45, 2.75) is 37.5 Å². The molecule has 0 amide bonds. The summed E-state index contributed by atoms with van der Waals surface area (Å²) in [6, 6.07) is 5.52. The van der Waals surface area contributed by atoms with Gasteiger partial charge in [0.25, 0.3) is 0 Å². The number of benzene rings is 1. The fourth-order valence-electron chi connectivity index (χ4n) is 1.47. The molecule has 0 atom stereocenters. The fourth-order valence-corrected chi connectivity index (χ4v) is 2.54. The minimum atomic E-state index is -3.43. The van der Waals surface area contributed by atoms with E-state index in [9.17, 15) is 8.42 Å². The van der Waals surface area contributed by atoms with Crippen LogP contribution in [0.2, 0.25) is 0 Å². The predicted molar refractivity (Wildman–Crippen MR) is 67.4 cm³/mol. The monoisotopic (exact) mass is 257 g/mol. The number of hydrogen-bond donors (Lipinski definition) is 2. The molecule has 0 fully saturated rings. The second-order valence-electron chi connectivity index (χ2n) is 3.95. The zero-order valence-electron chi connectivity index (χ0n) is 10.0. The zero-order chi connectivity index (χ0) is 12.7. The standard InChI is InChI=1S/C12H19NO3S/c1-2-3-4-5-10-13-17(15,16)12-8-6-11(14)7-9-12/h6-9,13-14H,2-5,10H2,1H3. The number of rotatable bonds is 7. The van der Waals surface area contributed by atoms with Gasteiger partial charge in [-0.1, -0.05) is 26.2 Å². The van der Waals surface area contributed by atoms with Gasteiger partial charge in [0.05, 0.1) is 4.90 Å². The molecule has 5 heteroatoms. The molecule has 0 saturated carbocycles. The number of nitrogens with one attached hydrogen (secondary N) is 1. The quantitative estimate of drug-likeness (QED) is 0.736. The van der Waals surface area contributed by atoms with Gasteiger partial charge in [-0.2, -0.15) is 0 Å². The van der Waals surface area contributed by atoms with Gasteiger partial charge < -0.3 is 5.11 Å². The number of hydrogen-bond acceptors (Lipinski definition) is 3. The molecule has 17 heavy (non-hydrogen) atoms. The van der Waals surface area contributed by atoms with Crippen molar-refractivity contribution in [2.24, 2.45) is 0 Å². The Morgan fingerprint density at radius 1 is 1.12 bits per heavy atom. The first-order chi connectivity index (χ1) is 8.06. The molecule has 0 aliphatic heterocycles. The molecular weight excluding hydrogens is 238 g/mol. The predicted octanol–water partition coefficient (Wildman–Crippen LogP) is 2.25. The highest BCUT2D eigenvalue weighted by Crippen LogP contribution is 2.14. The molecule has 0 aromatic heterocycles. The van der Waals surface area contributed by atoms with Crippen LogP contribution in [0.1, 0.15) is 32.6 Å². The summed E-state index contributed by atoms with van der Waals surface area (Å²) in [7, 11) is -3.43. The van der Waals surface area contributed by atoms with Crippen LogP contribution in [0, 0.1) is 0 Å². The van der Waals surface area contributed by atoms with Gasteiger partial charge in [-0.3, -0.25) is 0 Å². The Hall–Kier alpha value is -1.07. The van der Waals surface area contributed by atoms with Gasteiger partial charge in [-0.05, 0) is 30.7 Å². The summed E-state index contributed by atoms with van der Waals surface area (Å²) >= 11 is 0. The first-order valence-corrected chi connectivity index (χ1v) is 7.33. The summed E-state index contributed by atoms with van der Waals surface area (Å²) in [5, 5.41) is 9.08. The van der Waals surface area contributed by atoms with Crippen molar-refractivity contribution in [3.05, 3.63) is 24.3 Å². The van der Waals surface area contributed by atoms with Crippen LogP contribution in [-0.4, -0.2) is 20.1 Å². The average molecular weight is 257 g/mol. The highest BCUT2D eigenvalue weighted by Gasteiger charge is 2.12. The lowest BCUT2D eigenvalue weighted by atomic mass is 10.2. The SMILES string of the molecule is CCCCCCNS(=O)(=O)c1ccc(O)cc1. The fraction of sp³-hybridized carbons (Fsp3) is 0.500. The van der Waals surface area contributed by atoms with Crippen molar-refractivity contribution in [3.63, 3.8) is 0 Å². The van der Waals surface area contributed by atoms with Crippen molar-refractivity contribution in [2.75, 3.05) is 6.54 Å². The lowest BCUT2D eigenvalue weighted by Crippen LogP contribution is -2.24. The number of sulfonamides is 1. The van der Waals surface area contributed by atoms with Crippen LogP contribution < -0.4 is 4.72 Å². The minimum Gasteiger partial charge on any atom is -0.508 e. The molecule has 0 unspecified atom stereocenters. The molecule has 1 aromatic carbocycles. The summed E-state index contributed by atoms with van der Waals surface area (Å²) in [4.78, 5) is 0.186. The summed E-state index contributed by atoms with van der Waals surface area (Å²) in [6.45, 7) is 2.57. The van der Waals surface area contributed by atoms with Crippen molar-refractivity contribution >= 4 is 10.0 Å². The Bertz CT molecular complexity index is 426. The molecule has 0 radical (unpaired) electrons. The van der Waals surface area contributed by atoms with E-state index in [-0.39, 0.29) is 10.6 Å². The number of phenolic OH excluding ortho intramolecular Hbond substituents is 1. The molecule has 96 valence electrons. The van der Waals surface area contributed by atoms with Gasteiger partial charge >= 0.3 is 0 Å². The Labute approximate surface area is 103 Å². The average Bonchev–Trinajstić information content (AvgIpc) is 2.29. The lowest BCUT2D eigenvalue weighted by molar-refractivity contribution is 0.474. The van der Waals surface area contributed by atoms with E-state index in [1.165, 1.54) is 24.3 Å². The lowest BCUT2D eigenvalue weighted by Gasteiger charge is -2.06. The molecule has 1 rings (SSSR count). The van der Waals surface area contributed by atoms with E-state index in [0.29, 0.717) is 6.54 Å². The molecule has 0 aliphatic carbocycles. The van der Waals surface area contributed by atoms with Crippen LogP contribution >= 0.6 is 0 Å². The topological polar surface area (TPSA) is 66.4 Å². The normalized spacial score (nSPS) is 11.6. The summed E-state index contributed by atoms with van der Waals surface area (Å²) in [6.07, 6.45) is 4.14. The van der Waals surface area contributed by atoms with Crippen LogP contribution in [-0.2, 0) is 10.0 Å². The van der Waals surface area contributed by atoms with Gasteiger partial charge in [0.2, 0.25) is 10.0 Å². The first-order valence-electron chi connectivity index (χ1n) is 5.85. The van der Waals surface area contributed by atoms with E-state index in [2.05, 4.69) is 11.6 Å². The van der Waals surface area contributed by atoms with Crippen molar-refractivity contribution in [1.29, 1.82) is 0 Å². The molecule has 0 aliphatic rings. The van der Waals surface area contributed by atoms with Crippen molar-refractivity contribution in [3.8, 4) is 5.75 Å². The maximum atomic E-state index is 11.8. The first kappa shape index (κ1) is 14.0. The Kier molecular flexibility index (Phi) is 5.44. The number of aromatic hydroxyl groups is 1. The van der Waals surface area contributed by atoms with E-state index in [1.54, 1.807) is 0 Å². The largest absolute Gasteiger partial charge is 0.508 e. The van der Waals surface area contributed by atoms with Crippen LogP contribution in [0.3, 0.4) is 0 Å². The Balaban J connectivity index is 2.48. The third-order valence-corrected chi connectivity index (χ3v) is 3.95. The summed E-state index contributed by atoms with van der Waals surface area (Å²) in [5.41, 5.74) is 0. The maximum absolute atomic E-state index is 11.8. The van der Waals surface area contributed by atoms with Crippen molar-refractivity contribution < 1.29 is 13.5 Å². The smallest absolute Gasteiger partial charge is 0.240 e. The van der Waals surface area contributed by atoms with Gasteiger partial charge in [-0.15, -0.1) is 0 Å². The molecular formula is C12H19NO3S. The number of unbranched alkanes of at least 4 members (excludes halogenated alkanes) is 3. The van der Waals surface area contributed by atoms with E-state index < -0.39 is 10.0 Å². The third kappa shape index (κ3) is 4.75. The van der Waals surface area contributed by atoms with Crippen LogP contribution in [0.4, 0.5) is 0 Å². The third-order valence-electron chi connectivity index (χ3n) is 2.47.